The number of thioether (sulfide) groups is 1. The summed E-state index contributed by atoms with van der Waals surface area (Å²) in [4.78, 5) is 30.2. The largest absolute Gasteiger partial charge is 0.434 e. The number of nitrogen functional groups attached to an aromatic ring is 1. The zero-order valence-corrected chi connectivity index (χ0v) is 21.8. The summed E-state index contributed by atoms with van der Waals surface area (Å²) in [7, 11) is -2.82. The monoisotopic (exact) mass is 567 g/mol. The zero-order valence-electron chi connectivity index (χ0n) is 20.1. The summed E-state index contributed by atoms with van der Waals surface area (Å²) in [5.41, 5.74) is 5.85. The van der Waals surface area contributed by atoms with Gasteiger partial charge in [-0.3, -0.25) is 13.6 Å². The van der Waals surface area contributed by atoms with Crippen LogP contribution in [-0.4, -0.2) is 58.3 Å². The van der Waals surface area contributed by atoms with Gasteiger partial charge in [-0.25, -0.2) is 19.0 Å². The van der Waals surface area contributed by atoms with E-state index in [-0.39, 0.29) is 24.7 Å². The van der Waals surface area contributed by atoms with Crippen LogP contribution < -0.4 is 16.5 Å². The van der Waals surface area contributed by atoms with E-state index < -0.39 is 53.7 Å². The number of nitro groups is 1. The maximum absolute atomic E-state index is 13.9. The average molecular weight is 568 g/mol. The van der Waals surface area contributed by atoms with Gasteiger partial charge in [0.15, 0.2) is 0 Å². The molecule has 17 heteroatoms. The van der Waals surface area contributed by atoms with Crippen LogP contribution in [0.2, 0.25) is 0 Å². The van der Waals surface area contributed by atoms with Gasteiger partial charge in [0, 0.05) is 12.7 Å². The van der Waals surface area contributed by atoms with Crippen LogP contribution in [-0.2, 0) is 33.8 Å². The molecule has 0 saturated carbocycles. The smallest absolute Gasteiger partial charge is 0.395 e. The van der Waals surface area contributed by atoms with Gasteiger partial charge >= 0.3 is 19.4 Å². The van der Waals surface area contributed by atoms with E-state index in [1.807, 2.05) is 6.07 Å². The summed E-state index contributed by atoms with van der Waals surface area (Å²) in [6.07, 6.45) is -0.0445. The molecule has 0 aliphatic carbocycles. The molecule has 38 heavy (non-hydrogen) atoms. The van der Waals surface area contributed by atoms with E-state index in [1.165, 1.54) is 30.1 Å². The second kappa shape index (κ2) is 11.7. The molecular formula is C21H26N7O8PS. The molecular weight excluding hydrogens is 541 g/mol. The van der Waals surface area contributed by atoms with Gasteiger partial charge in [-0.1, -0.05) is 35.3 Å². The molecule has 204 valence electrons. The lowest BCUT2D eigenvalue weighted by molar-refractivity contribution is -0.396. The highest BCUT2D eigenvalue weighted by molar-refractivity contribution is 8.00. The van der Waals surface area contributed by atoms with Crippen LogP contribution in [0.15, 0.2) is 53.6 Å². The van der Waals surface area contributed by atoms with E-state index in [4.69, 9.17) is 14.8 Å². The lowest BCUT2D eigenvalue weighted by atomic mass is 10.1. The molecule has 1 aliphatic rings. The van der Waals surface area contributed by atoms with Crippen molar-refractivity contribution in [3.63, 3.8) is 0 Å². The van der Waals surface area contributed by atoms with Crippen LogP contribution in [0.4, 0.5) is 11.8 Å². The highest BCUT2D eigenvalue weighted by Gasteiger charge is 2.48. The number of aliphatic hydroxyl groups is 2. The first-order chi connectivity index (χ1) is 18.1. The minimum atomic E-state index is -4.23. The average Bonchev–Trinajstić information content (AvgIpc) is 3.41. The molecule has 4 rings (SSSR count). The molecule has 1 saturated heterocycles. The van der Waals surface area contributed by atoms with E-state index in [1.54, 1.807) is 24.3 Å². The SMILES string of the molecule is Cn1c(COP(=O)(NCc2ccccc2)O[C@H]2[C@H](O)[C@H](n3ccc(N)nc3=O)S[C@@H]2CO)cnc1[N+](=O)[O-]. The molecule has 0 amide bonds. The lowest BCUT2D eigenvalue weighted by Gasteiger charge is -2.27. The van der Waals surface area contributed by atoms with Crippen LogP contribution in [0, 0.1) is 10.1 Å². The van der Waals surface area contributed by atoms with Gasteiger partial charge in [0.2, 0.25) is 0 Å². The Kier molecular flexibility index (Phi) is 8.62. The molecule has 0 spiro atoms. The zero-order chi connectivity index (χ0) is 27.4. The maximum atomic E-state index is 13.9. The minimum Gasteiger partial charge on any atom is -0.395 e. The number of nitrogens with one attached hydrogen (secondary N) is 1. The van der Waals surface area contributed by atoms with Crippen molar-refractivity contribution in [1.29, 1.82) is 0 Å². The first-order valence-electron chi connectivity index (χ1n) is 11.3. The Morgan fingerprint density at radius 2 is 2.05 bits per heavy atom. The summed E-state index contributed by atoms with van der Waals surface area (Å²) in [6.45, 7) is -0.776. The number of nitrogens with two attached hydrogens (primary N) is 1. The highest BCUT2D eigenvalue weighted by atomic mass is 32.2. The molecule has 1 aliphatic heterocycles. The van der Waals surface area contributed by atoms with Gasteiger partial charge in [0.1, 0.15) is 41.9 Å². The number of hydrogen-bond donors (Lipinski definition) is 4. The quantitative estimate of drug-likeness (QED) is 0.145. The van der Waals surface area contributed by atoms with Gasteiger partial charge in [-0.15, -0.1) is 11.8 Å². The first-order valence-corrected chi connectivity index (χ1v) is 13.8. The number of imidazole rings is 1. The molecule has 5 N–H and O–H groups in total. The van der Waals surface area contributed by atoms with E-state index in [9.17, 15) is 29.7 Å². The summed E-state index contributed by atoms with van der Waals surface area (Å²) >= 11 is 1.04. The van der Waals surface area contributed by atoms with Crippen LogP contribution >= 0.6 is 19.5 Å². The number of nitrogens with zero attached hydrogens (tertiary/aromatic N) is 5. The summed E-state index contributed by atoms with van der Waals surface area (Å²) < 4.78 is 27.7. The molecule has 3 aromatic rings. The highest BCUT2D eigenvalue weighted by Crippen LogP contribution is 2.52. The van der Waals surface area contributed by atoms with E-state index in [2.05, 4.69) is 15.1 Å². The second-order valence-corrected chi connectivity index (χ2v) is 11.4. The molecule has 3 heterocycles. The third-order valence-electron chi connectivity index (χ3n) is 5.80. The predicted molar refractivity (Wildman–Crippen MR) is 137 cm³/mol. The maximum Gasteiger partial charge on any atom is 0.434 e. The van der Waals surface area contributed by atoms with Gasteiger partial charge in [0.25, 0.3) is 0 Å². The molecule has 5 atom stereocenters. The second-order valence-electron chi connectivity index (χ2n) is 8.31. The molecule has 15 nitrogen and oxygen atoms in total. The van der Waals surface area contributed by atoms with Crippen molar-refractivity contribution in [2.45, 2.75) is 36.0 Å². The van der Waals surface area contributed by atoms with Crippen molar-refractivity contribution >= 4 is 31.3 Å². The molecule has 0 radical (unpaired) electrons. The van der Waals surface area contributed by atoms with Crippen molar-refractivity contribution < 1.29 is 28.7 Å². The first kappa shape index (κ1) is 27.9. The van der Waals surface area contributed by atoms with Gasteiger partial charge in [-0.2, -0.15) is 4.98 Å². The van der Waals surface area contributed by atoms with Crippen molar-refractivity contribution in [1.82, 2.24) is 24.2 Å². The third kappa shape index (κ3) is 6.13. The number of rotatable bonds is 11. The number of anilines is 1. The fourth-order valence-corrected chi connectivity index (χ4v) is 6.79. The van der Waals surface area contributed by atoms with Crippen LogP contribution in [0.3, 0.4) is 0 Å². The van der Waals surface area contributed by atoms with Crippen molar-refractivity contribution in [2.24, 2.45) is 7.05 Å². The van der Waals surface area contributed by atoms with Crippen molar-refractivity contribution in [2.75, 3.05) is 12.3 Å². The molecule has 1 aromatic carbocycles. The predicted octanol–water partition coefficient (Wildman–Crippen LogP) is 0.934. The lowest BCUT2D eigenvalue weighted by Crippen LogP contribution is -2.38. The normalized spacial score (nSPS) is 22.8. The Morgan fingerprint density at radius 1 is 1.32 bits per heavy atom. The van der Waals surface area contributed by atoms with Gasteiger partial charge in [0.05, 0.1) is 18.9 Å². The number of benzene rings is 1. The topological polar surface area (TPSA) is 210 Å². The Balaban J connectivity index is 1.58. The molecule has 2 aromatic heterocycles. The Hall–Kier alpha value is -3.11. The number of hydrogen-bond acceptors (Lipinski definition) is 12. The number of aromatic nitrogens is 4. The summed E-state index contributed by atoms with van der Waals surface area (Å²) in [5, 5.41) is 33.2. The van der Waals surface area contributed by atoms with Crippen LogP contribution in [0.5, 0.6) is 0 Å². The van der Waals surface area contributed by atoms with Crippen LogP contribution in [0.25, 0.3) is 0 Å². The summed E-state index contributed by atoms with van der Waals surface area (Å²) in [5.74, 6) is -0.418. The fraction of sp³-hybridized carbons (Fsp3) is 0.381. The number of aliphatic hydroxyl groups excluding tert-OH is 2. The van der Waals surface area contributed by atoms with Crippen LogP contribution in [0.1, 0.15) is 16.6 Å². The minimum absolute atomic E-state index is 0.00802. The van der Waals surface area contributed by atoms with Crippen molar-refractivity contribution in [3.8, 4) is 0 Å². The molecule has 1 fully saturated rings. The van der Waals surface area contributed by atoms with E-state index in [0.717, 1.165) is 21.9 Å². The molecule has 1 unspecified atom stereocenters. The van der Waals surface area contributed by atoms with E-state index >= 15 is 0 Å². The summed E-state index contributed by atoms with van der Waals surface area (Å²) in [6, 6.07) is 10.4. The Bertz CT molecular complexity index is 1390. The standard InChI is InChI=1S/C21H26N7O8PS/c1-26-14(10-23-20(26)28(32)33)12-35-37(34,24-9-13-5-3-2-4-6-13)36-18-15(11-29)38-19(17(18)30)27-8-7-16(22)25-21(27)31/h2-8,10,15,17-19,29-30H,9,11-12H2,1H3,(H,24,34)(H2,22,25,31)/t15-,17+,18-,19-,37?/m1/s1. The molecule has 0 bridgehead atoms. The van der Waals surface area contributed by atoms with E-state index in [0.29, 0.717) is 0 Å². The Morgan fingerprint density at radius 3 is 2.68 bits per heavy atom. The van der Waals surface area contributed by atoms with Gasteiger partial charge < -0.3 is 26.1 Å². The third-order valence-corrected chi connectivity index (χ3v) is 8.89. The van der Waals surface area contributed by atoms with Crippen molar-refractivity contribution in [3.05, 3.63) is 80.6 Å². The Labute approximate surface area is 220 Å². The van der Waals surface area contributed by atoms with Gasteiger partial charge in [-0.05, 0) is 16.6 Å². The fourth-order valence-electron chi connectivity index (χ4n) is 3.79.